The fraction of sp³-hybridized carbons (Fsp3) is 0.0625. The van der Waals surface area contributed by atoms with Gasteiger partial charge in [-0.15, -0.1) is 0 Å². The van der Waals surface area contributed by atoms with Crippen LogP contribution in [0.4, 0.5) is 0 Å². The lowest BCUT2D eigenvalue weighted by Gasteiger charge is -2.05. The molecule has 0 amide bonds. The molecule has 0 N–H and O–H groups in total. The Labute approximate surface area is 106 Å². The molecule has 3 aromatic rings. The van der Waals surface area contributed by atoms with Crippen molar-refractivity contribution >= 4 is 38.6 Å². The lowest BCUT2D eigenvalue weighted by atomic mass is 9.99. The zero-order valence-corrected chi connectivity index (χ0v) is 10.4. The Morgan fingerprint density at radius 2 is 1.53 bits per heavy atom. The summed E-state index contributed by atoms with van der Waals surface area (Å²) in [5.74, 6) is 0. The molecule has 17 heavy (non-hydrogen) atoms. The van der Waals surface area contributed by atoms with E-state index in [0.29, 0.717) is 0 Å². The molecule has 0 radical (unpaired) electrons. The first-order valence-electron chi connectivity index (χ1n) is 5.68. The average Bonchev–Trinajstić information content (AvgIpc) is 2.38. The molecule has 0 spiro atoms. The second-order valence-corrected chi connectivity index (χ2v) is 4.89. The highest BCUT2D eigenvalue weighted by molar-refractivity contribution is 7.80. The van der Waals surface area contributed by atoms with Crippen molar-refractivity contribution < 1.29 is 0 Å². The highest BCUT2D eigenvalue weighted by Gasteiger charge is 2.01. The molecule has 0 unspecified atom stereocenters. The van der Waals surface area contributed by atoms with Crippen LogP contribution in [0.2, 0.25) is 0 Å². The van der Waals surface area contributed by atoms with Crippen LogP contribution in [0.15, 0.2) is 54.6 Å². The molecule has 0 fully saturated rings. The number of hydrogen-bond donors (Lipinski definition) is 0. The van der Waals surface area contributed by atoms with Crippen LogP contribution in [0.3, 0.4) is 0 Å². The molecule has 0 bridgehead atoms. The number of hydrogen-bond acceptors (Lipinski definition) is 1. The number of benzene rings is 3. The molecule has 0 saturated heterocycles. The molecule has 3 rings (SSSR count). The van der Waals surface area contributed by atoms with Gasteiger partial charge >= 0.3 is 0 Å². The van der Waals surface area contributed by atoms with Crippen molar-refractivity contribution in [3.63, 3.8) is 0 Å². The predicted molar refractivity (Wildman–Crippen MR) is 78.8 cm³/mol. The molecule has 0 heterocycles. The van der Waals surface area contributed by atoms with E-state index in [-0.39, 0.29) is 0 Å². The van der Waals surface area contributed by atoms with Gasteiger partial charge in [0, 0.05) is 4.86 Å². The minimum atomic E-state index is 0.944. The van der Waals surface area contributed by atoms with Gasteiger partial charge < -0.3 is 0 Å². The second kappa shape index (κ2) is 3.94. The SMILES string of the molecule is CC(=S)c1ccc2c(ccc3ccccc32)c1. The van der Waals surface area contributed by atoms with Crippen LogP contribution in [0, 0.1) is 0 Å². The normalized spacial score (nSPS) is 10.9. The van der Waals surface area contributed by atoms with Gasteiger partial charge in [0.05, 0.1) is 0 Å². The first kappa shape index (κ1) is 10.4. The molecular weight excluding hydrogens is 224 g/mol. The van der Waals surface area contributed by atoms with Crippen LogP contribution in [0.1, 0.15) is 12.5 Å². The van der Waals surface area contributed by atoms with Gasteiger partial charge in [-0.2, -0.15) is 0 Å². The van der Waals surface area contributed by atoms with E-state index in [2.05, 4.69) is 54.6 Å². The van der Waals surface area contributed by atoms with Gasteiger partial charge in [-0.3, -0.25) is 0 Å². The van der Waals surface area contributed by atoms with Gasteiger partial charge in [-0.1, -0.05) is 60.7 Å². The molecule has 0 aromatic heterocycles. The Morgan fingerprint density at radius 1 is 0.824 bits per heavy atom. The van der Waals surface area contributed by atoms with Gasteiger partial charge in [-0.25, -0.2) is 0 Å². The predicted octanol–water partition coefficient (Wildman–Crippen LogP) is 4.73. The lowest BCUT2D eigenvalue weighted by molar-refractivity contribution is 1.71. The van der Waals surface area contributed by atoms with Crippen LogP contribution >= 0.6 is 12.2 Å². The zero-order chi connectivity index (χ0) is 11.8. The quantitative estimate of drug-likeness (QED) is 0.334. The molecule has 3 aromatic carbocycles. The maximum absolute atomic E-state index is 5.22. The number of rotatable bonds is 1. The van der Waals surface area contributed by atoms with Gasteiger partial charge in [0.25, 0.3) is 0 Å². The van der Waals surface area contributed by atoms with E-state index in [9.17, 15) is 0 Å². The van der Waals surface area contributed by atoms with Crippen molar-refractivity contribution in [3.8, 4) is 0 Å². The van der Waals surface area contributed by atoms with E-state index in [1.807, 2.05) is 6.92 Å². The van der Waals surface area contributed by atoms with Crippen molar-refractivity contribution in [2.45, 2.75) is 6.92 Å². The van der Waals surface area contributed by atoms with Crippen LogP contribution in [0.25, 0.3) is 21.5 Å². The fourth-order valence-electron chi connectivity index (χ4n) is 2.23. The third kappa shape index (κ3) is 1.73. The third-order valence-corrected chi connectivity index (χ3v) is 3.39. The first-order chi connectivity index (χ1) is 8.25. The van der Waals surface area contributed by atoms with Crippen molar-refractivity contribution in [2.75, 3.05) is 0 Å². The summed E-state index contributed by atoms with van der Waals surface area (Å²) in [5, 5.41) is 5.14. The first-order valence-corrected chi connectivity index (χ1v) is 6.09. The third-order valence-electron chi connectivity index (χ3n) is 3.15. The van der Waals surface area contributed by atoms with E-state index >= 15 is 0 Å². The van der Waals surface area contributed by atoms with Crippen LogP contribution < -0.4 is 0 Å². The topological polar surface area (TPSA) is 0 Å². The second-order valence-electron chi connectivity index (χ2n) is 4.28. The Bertz CT molecular complexity index is 726. The maximum atomic E-state index is 5.22. The minimum absolute atomic E-state index is 0.944. The van der Waals surface area contributed by atoms with Gasteiger partial charge in [0.15, 0.2) is 0 Å². The smallest absolute Gasteiger partial charge is 0.0193 e. The highest BCUT2D eigenvalue weighted by atomic mass is 32.1. The summed E-state index contributed by atoms with van der Waals surface area (Å²) in [4.78, 5) is 0.944. The van der Waals surface area contributed by atoms with E-state index < -0.39 is 0 Å². The van der Waals surface area contributed by atoms with E-state index in [0.717, 1.165) is 10.4 Å². The summed E-state index contributed by atoms with van der Waals surface area (Å²) >= 11 is 5.22. The Hall–Kier alpha value is -1.73. The molecule has 82 valence electrons. The monoisotopic (exact) mass is 236 g/mol. The summed E-state index contributed by atoms with van der Waals surface area (Å²) in [7, 11) is 0. The molecular formula is C16H12S. The Balaban J connectivity index is 2.41. The van der Waals surface area contributed by atoms with Crippen molar-refractivity contribution in [3.05, 3.63) is 60.2 Å². The van der Waals surface area contributed by atoms with Gasteiger partial charge in [0.1, 0.15) is 0 Å². The highest BCUT2D eigenvalue weighted by Crippen LogP contribution is 2.26. The van der Waals surface area contributed by atoms with Crippen LogP contribution in [0.5, 0.6) is 0 Å². The number of fused-ring (bicyclic) bond motifs is 3. The average molecular weight is 236 g/mol. The van der Waals surface area contributed by atoms with Crippen molar-refractivity contribution in [2.24, 2.45) is 0 Å². The Kier molecular flexibility index (Phi) is 2.41. The van der Waals surface area contributed by atoms with Gasteiger partial charge in [0.2, 0.25) is 0 Å². The van der Waals surface area contributed by atoms with E-state index in [1.165, 1.54) is 21.5 Å². The molecule has 0 aliphatic carbocycles. The van der Waals surface area contributed by atoms with Crippen LogP contribution in [-0.4, -0.2) is 4.86 Å². The molecule has 0 aliphatic rings. The standard InChI is InChI=1S/C16H12S/c1-11(17)13-8-9-16-14(10-13)7-6-12-4-2-3-5-15(12)16/h2-10H,1H3. The molecule has 1 heteroatoms. The largest absolute Gasteiger partial charge is 0.0846 e. The molecule has 0 saturated carbocycles. The lowest BCUT2D eigenvalue weighted by Crippen LogP contribution is -1.89. The molecule has 0 aliphatic heterocycles. The van der Waals surface area contributed by atoms with E-state index in [1.54, 1.807) is 0 Å². The summed E-state index contributed by atoms with van der Waals surface area (Å²) in [6.07, 6.45) is 0. The summed E-state index contributed by atoms with van der Waals surface area (Å²) < 4.78 is 0. The van der Waals surface area contributed by atoms with Crippen molar-refractivity contribution in [1.82, 2.24) is 0 Å². The Morgan fingerprint density at radius 3 is 2.35 bits per heavy atom. The minimum Gasteiger partial charge on any atom is -0.0846 e. The zero-order valence-electron chi connectivity index (χ0n) is 9.60. The fourth-order valence-corrected chi connectivity index (χ4v) is 2.36. The van der Waals surface area contributed by atoms with E-state index in [4.69, 9.17) is 12.2 Å². The van der Waals surface area contributed by atoms with Crippen LogP contribution in [-0.2, 0) is 0 Å². The summed E-state index contributed by atoms with van der Waals surface area (Å²) in [6, 6.07) is 19.3. The summed E-state index contributed by atoms with van der Waals surface area (Å²) in [5.41, 5.74) is 1.14. The van der Waals surface area contributed by atoms with Crippen molar-refractivity contribution in [1.29, 1.82) is 0 Å². The van der Waals surface area contributed by atoms with Gasteiger partial charge in [-0.05, 0) is 40.1 Å². The molecule has 0 atom stereocenters. The molecule has 0 nitrogen and oxygen atoms in total. The maximum Gasteiger partial charge on any atom is 0.0193 e. The summed E-state index contributed by atoms with van der Waals surface area (Å²) in [6.45, 7) is 1.97. The number of thiocarbonyl (C=S) groups is 1.